The van der Waals surface area contributed by atoms with Crippen LogP contribution < -0.4 is 9.47 Å². The smallest absolute Gasteiger partial charge is 0.306 e. The van der Waals surface area contributed by atoms with Crippen molar-refractivity contribution in [3.63, 3.8) is 0 Å². The minimum Gasteiger partial charge on any atom is -0.493 e. The molecule has 1 rings (SSSR count). The van der Waals surface area contributed by atoms with E-state index in [1.54, 1.807) is 18.2 Å². The minimum atomic E-state index is -1.05. The number of aliphatic hydroxyl groups excluding tert-OH is 1. The number of aliphatic carboxylic acids is 1. The topological polar surface area (TPSA) is 76.0 Å². The molecule has 0 unspecified atom stereocenters. The van der Waals surface area contributed by atoms with Gasteiger partial charge < -0.3 is 19.7 Å². The highest BCUT2D eigenvalue weighted by Crippen LogP contribution is 2.31. The average Bonchev–Trinajstić information content (AvgIpc) is 2.29. The van der Waals surface area contributed by atoms with Crippen LogP contribution in [-0.2, 0) is 4.79 Å². The summed E-state index contributed by atoms with van der Waals surface area (Å²) in [6.45, 7) is 2.36. The maximum absolute atomic E-state index is 10.5. The van der Waals surface area contributed by atoms with Gasteiger partial charge >= 0.3 is 5.97 Å². The van der Waals surface area contributed by atoms with Crippen LogP contribution in [0.5, 0.6) is 11.5 Å². The van der Waals surface area contributed by atoms with E-state index in [0.717, 1.165) is 0 Å². The van der Waals surface area contributed by atoms with Gasteiger partial charge in [-0.05, 0) is 24.6 Å². The van der Waals surface area contributed by atoms with E-state index in [4.69, 9.17) is 14.6 Å². The second-order valence-corrected chi connectivity index (χ2v) is 3.46. The van der Waals surface area contributed by atoms with Crippen molar-refractivity contribution < 1.29 is 24.5 Å². The molecule has 0 aliphatic rings. The lowest BCUT2D eigenvalue weighted by Crippen LogP contribution is -2.06. The molecule has 0 aliphatic heterocycles. The van der Waals surface area contributed by atoms with Crippen molar-refractivity contribution in [2.75, 3.05) is 13.7 Å². The number of aliphatic hydroxyl groups is 1. The Bertz CT molecular complexity index is 388. The molecule has 1 aromatic rings. The van der Waals surface area contributed by atoms with Gasteiger partial charge in [0.15, 0.2) is 11.5 Å². The molecule has 2 N–H and O–H groups in total. The predicted octanol–water partition coefficient (Wildman–Crippen LogP) is 1.60. The lowest BCUT2D eigenvalue weighted by atomic mass is 10.1. The van der Waals surface area contributed by atoms with Gasteiger partial charge in [-0.1, -0.05) is 6.07 Å². The van der Waals surface area contributed by atoms with Crippen LogP contribution in [0.25, 0.3) is 0 Å². The Labute approximate surface area is 99.6 Å². The summed E-state index contributed by atoms with van der Waals surface area (Å²) in [6.07, 6.45) is -1.38. The third-order valence-electron chi connectivity index (χ3n) is 2.24. The van der Waals surface area contributed by atoms with Crippen molar-refractivity contribution in [2.45, 2.75) is 19.4 Å². The summed E-state index contributed by atoms with van der Waals surface area (Å²) >= 11 is 0. The number of hydrogen-bond donors (Lipinski definition) is 2. The standard InChI is InChI=1S/C12H16O5/c1-3-17-10-5-4-8(6-11(10)16-2)9(13)7-12(14)15/h4-6,9,13H,3,7H2,1-2H3,(H,14,15)/t9-/m1/s1. The second-order valence-electron chi connectivity index (χ2n) is 3.46. The van der Waals surface area contributed by atoms with E-state index in [-0.39, 0.29) is 6.42 Å². The van der Waals surface area contributed by atoms with Crippen LogP contribution in [0.1, 0.15) is 25.0 Å². The van der Waals surface area contributed by atoms with Gasteiger partial charge in [0, 0.05) is 0 Å². The largest absolute Gasteiger partial charge is 0.493 e. The summed E-state index contributed by atoms with van der Waals surface area (Å²) in [5.41, 5.74) is 0.493. The first-order chi connectivity index (χ1) is 8.08. The Morgan fingerprint density at radius 1 is 1.41 bits per heavy atom. The summed E-state index contributed by atoms with van der Waals surface area (Å²) < 4.78 is 10.4. The molecule has 5 heteroatoms. The van der Waals surface area contributed by atoms with Crippen molar-refractivity contribution >= 4 is 5.97 Å². The number of methoxy groups -OCH3 is 1. The Hall–Kier alpha value is -1.75. The summed E-state index contributed by atoms with van der Waals surface area (Å²) in [6, 6.07) is 4.86. The molecule has 0 fully saturated rings. The van der Waals surface area contributed by atoms with Crippen molar-refractivity contribution in [3.8, 4) is 11.5 Å². The minimum absolute atomic E-state index is 0.336. The van der Waals surface area contributed by atoms with Gasteiger partial charge in [0.2, 0.25) is 0 Å². The molecular weight excluding hydrogens is 224 g/mol. The van der Waals surface area contributed by atoms with Crippen LogP contribution in [0.4, 0.5) is 0 Å². The Morgan fingerprint density at radius 2 is 2.12 bits per heavy atom. The molecule has 0 bridgehead atoms. The zero-order chi connectivity index (χ0) is 12.8. The van der Waals surface area contributed by atoms with E-state index in [0.29, 0.717) is 23.7 Å². The molecule has 0 radical (unpaired) electrons. The van der Waals surface area contributed by atoms with E-state index in [2.05, 4.69) is 0 Å². The Kier molecular flexibility index (Phi) is 4.78. The van der Waals surface area contributed by atoms with Crippen LogP contribution in [0.3, 0.4) is 0 Å². The molecule has 0 saturated carbocycles. The van der Waals surface area contributed by atoms with E-state index < -0.39 is 12.1 Å². The van der Waals surface area contributed by atoms with Crippen LogP contribution in [0.2, 0.25) is 0 Å². The highest BCUT2D eigenvalue weighted by molar-refractivity contribution is 5.67. The molecule has 1 atom stereocenters. The molecule has 1 aromatic carbocycles. The third-order valence-corrected chi connectivity index (χ3v) is 2.24. The molecular formula is C12H16O5. The number of benzene rings is 1. The summed E-state index contributed by atoms with van der Waals surface area (Å²) in [5, 5.41) is 18.2. The number of carbonyl (C=O) groups is 1. The normalized spacial score (nSPS) is 11.9. The van der Waals surface area contributed by atoms with Gasteiger partial charge in [0.05, 0.1) is 26.2 Å². The van der Waals surface area contributed by atoms with E-state index in [1.807, 2.05) is 6.92 Å². The molecule has 17 heavy (non-hydrogen) atoms. The number of ether oxygens (including phenoxy) is 2. The SMILES string of the molecule is CCOc1ccc([C@H](O)CC(=O)O)cc1OC. The van der Waals surface area contributed by atoms with Gasteiger partial charge in [-0.2, -0.15) is 0 Å². The molecule has 94 valence electrons. The van der Waals surface area contributed by atoms with Gasteiger partial charge in [-0.3, -0.25) is 4.79 Å². The average molecular weight is 240 g/mol. The van der Waals surface area contributed by atoms with Crippen LogP contribution in [0, 0.1) is 0 Å². The van der Waals surface area contributed by atoms with Gasteiger partial charge in [0.1, 0.15) is 0 Å². The van der Waals surface area contributed by atoms with Crippen LogP contribution >= 0.6 is 0 Å². The highest BCUT2D eigenvalue weighted by Gasteiger charge is 2.14. The van der Waals surface area contributed by atoms with Crippen LogP contribution in [-0.4, -0.2) is 29.9 Å². The first-order valence-electron chi connectivity index (χ1n) is 5.29. The molecule has 5 nitrogen and oxygen atoms in total. The number of rotatable bonds is 6. The number of carboxylic acids is 1. The third kappa shape index (κ3) is 3.64. The summed E-state index contributed by atoms with van der Waals surface area (Å²) in [7, 11) is 1.49. The zero-order valence-electron chi connectivity index (χ0n) is 9.84. The maximum Gasteiger partial charge on any atom is 0.306 e. The first-order valence-corrected chi connectivity index (χ1v) is 5.29. The van der Waals surface area contributed by atoms with Crippen molar-refractivity contribution in [1.29, 1.82) is 0 Å². The van der Waals surface area contributed by atoms with Crippen molar-refractivity contribution in [2.24, 2.45) is 0 Å². The van der Waals surface area contributed by atoms with Crippen LogP contribution in [0.15, 0.2) is 18.2 Å². The van der Waals surface area contributed by atoms with Gasteiger partial charge in [-0.25, -0.2) is 0 Å². The van der Waals surface area contributed by atoms with E-state index in [9.17, 15) is 9.90 Å². The quantitative estimate of drug-likeness (QED) is 0.789. The summed E-state index contributed by atoms with van der Waals surface area (Å²) in [5.74, 6) is 0.000385. The number of hydrogen-bond acceptors (Lipinski definition) is 4. The van der Waals surface area contributed by atoms with Crippen molar-refractivity contribution in [3.05, 3.63) is 23.8 Å². The molecule has 0 aromatic heterocycles. The molecule has 0 amide bonds. The van der Waals surface area contributed by atoms with E-state index in [1.165, 1.54) is 7.11 Å². The fourth-order valence-corrected chi connectivity index (χ4v) is 1.45. The predicted molar refractivity (Wildman–Crippen MR) is 61.4 cm³/mol. The zero-order valence-corrected chi connectivity index (χ0v) is 9.84. The lowest BCUT2D eigenvalue weighted by Gasteiger charge is -2.13. The fourth-order valence-electron chi connectivity index (χ4n) is 1.45. The molecule has 0 heterocycles. The second kappa shape index (κ2) is 6.10. The van der Waals surface area contributed by atoms with Crippen molar-refractivity contribution in [1.82, 2.24) is 0 Å². The van der Waals surface area contributed by atoms with E-state index >= 15 is 0 Å². The molecule has 0 spiro atoms. The highest BCUT2D eigenvalue weighted by atomic mass is 16.5. The molecule has 0 saturated heterocycles. The van der Waals surface area contributed by atoms with Gasteiger partial charge in [0.25, 0.3) is 0 Å². The van der Waals surface area contributed by atoms with Gasteiger partial charge in [-0.15, -0.1) is 0 Å². The fraction of sp³-hybridized carbons (Fsp3) is 0.417. The summed E-state index contributed by atoms with van der Waals surface area (Å²) in [4.78, 5) is 10.5. The maximum atomic E-state index is 10.5. The Morgan fingerprint density at radius 3 is 2.65 bits per heavy atom. The first kappa shape index (κ1) is 13.3. The monoisotopic (exact) mass is 240 g/mol. The number of carboxylic acid groups (broad SMARTS) is 1. The Balaban J connectivity index is 2.92. The lowest BCUT2D eigenvalue weighted by molar-refractivity contribution is -0.139. The molecule has 0 aliphatic carbocycles.